The van der Waals surface area contributed by atoms with Crippen LogP contribution in [-0.2, 0) is 9.53 Å². The lowest BCUT2D eigenvalue weighted by atomic mass is 9.97. The molecule has 11 heteroatoms. The van der Waals surface area contributed by atoms with Crippen LogP contribution in [0.4, 0.5) is 0 Å². The number of carbonyl (C=O) groups is 1. The Hall–Kier alpha value is -3.83. The number of aromatic nitrogens is 1. The molecule has 1 aliphatic rings. The van der Waals surface area contributed by atoms with Gasteiger partial charge >= 0.3 is 5.97 Å². The number of rotatable bonds is 12. The summed E-state index contributed by atoms with van der Waals surface area (Å²) in [7, 11) is 1.30. The molecule has 4 rings (SSSR count). The zero-order valence-corrected chi connectivity index (χ0v) is 25.7. The van der Waals surface area contributed by atoms with Crippen LogP contribution in [0.15, 0.2) is 69.0 Å². The molecule has 0 aliphatic carbocycles. The zero-order valence-electron chi connectivity index (χ0n) is 23.3. The number of nitrogens with zero attached hydrogens (tertiary/aromatic N) is 2. The molecule has 1 aromatic heterocycles. The summed E-state index contributed by atoms with van der Waals surface area (Å²) in [5.41, 5.74) is 1.30. The van der Waals surface area contributed by atoms with Gasteiger partial charge in [0.1, 0.15) is 6.61 Å². The van der Waals surface area contributed by atoms with E-state index in [1.807, 2.05) is 39.0 Å². The molecular weight excluding hydrogens is 612 g/mol. The summed E-state index contributed by atoms with van der Waals surface area (Å²) in [6, 6.07) is 8.24. The third-order valence-electron chi connectivity index (χ3n) is 5.98. The number of carbonyl (C=O) groups excluding carboxylic acids is 1. The smallest absolute Gasteiger partial charge is 0.337 e. The van der Waals surface area contributed by atoms with Gasteiger partial charge < -0.3 is 23.7 Å². The number of hydrogen-bond donors (Lipinski definition) is 0. The minimum Gasteiger partial charge on any atom is -0.490 e. The van der Waals surface area contributed by atoms with Crippen LogP contribution >= 0.6 is 27.3 Å². The minimum absolute atomic E-state index is 0.225. The SMILES string of the molecule is C=CCOc1c(Br)cc(/C=c2/sc3n(c2=O)[C@@H](c2ccc(OCC)c(OCC)c2)C(C(=O)OC)=CN=3)cc1OCC. The fourth-order valence-corrected chi connectivity index (χ4v) is 5.90. The number of thiazole rings is 1. The predicted molar refractivity (Wildman–Crippen MR) is 161 cm³/mol. The van der Waals surface area contributed by atoms with E-state index in [1.54, 1.807) is 24.3 Å². The molecule has 0 N–H and O–H groups in total. The van der Waals surface area contributed by atoms with E-state index >= 15 is 0 Å². The van der Waals surface area contributed by atoms with Crippen molar-refractivity contribution in [1.29, 1.82) is 0 Å². The van der Waals surface area contributed by atoms with Crippen LogP contribution in [0.2, 0.25) is 0 Å². The van der Waals surface area contributed by atoms with Crippen molar-refractivity contribution in [2.75, 3.05) is 33.5 Å². The summed E-state index contributed by atoms with van der Waals surface area (Å²) < 4.78 is 30.8. The highest BCUT2D eigenvalue weighted by molar-refractivity contribution is 9.10. The van der Waals surface area contributed by atoms with Gasteiger partial charge in [0.05, 0.1) is 47.6 Å². The molecule has 0 saturated carbocycles. The highest BCUT2D eigenvalue weighted by atomic mass is 79.9. The van der Waals surface area contributed by atoms with Crippen molar-refractivity contribution in [3.05, 3.63) is 90.0 Å². The second-order valence-corrected chi connectivity index (χ2v) is 10.5. The Morgan fingerprint density at radius 2 is 1.76 bits per heavy atom. The Morgan fingerprint density at radius 3 is 2.44 bits per heavy atom. The first-order valence-electron chi connectivity index (χ1n) is 13.1. The highest BCUT2D eigenvalue weighted by Gasteiger charge is 2.31. The molecule has 0 radical (unpaired) electrons. The van der Waals surface area contributed by atoms with Crippen molar-refractivity contribution in [3.63, 3.8) is 0 Å². The van der Waals surface area contributed by atoms with Gasteiger partial charge in [-0.2, -0.15) is 0 Å². The molecule has 0 bridgehead atoms. The van der Waals surface area contributed by atoms with Gasteiger partial charge in [0.25, 0.3) is 5.56 Å². The quantitative estimate of drug-likeness (QED) is 0.211. The Balaban J connectivity index is 1.88. The standard InChI is InChI=1S/C30H31BrN2O7S/c1-6-12-40-27-21(31)13-18(14-24(27)39-9-4)15-25-28(34)33-26(20(29(35)36-5)17-32-30(33)41-25)19-10-11-22(37-7-2)23(16-19)38-8-3/h6,10-11,13-17,26H,1,7-9,12H2,2-5H3/b25-15+/t26-/m0/s1. The maximum Gasteiger partial charge on any atom is 0.337 e. The fourth-order valence-electron chi connectivity index (χ4n) is 4.36. The lowest BCUT2D eigenvalue weighted by Gasteiger charge is -2.23. The molecule has 1 aliphatic heterocycles. The third kappa shape index (κ3) is 6.41. The topological polar surface area (TPSA) is 97.6 Å². The predicted octanol–water partition coefficient (Wildman–Crippen LogP) is 4.54. The Bertz CT molecular complexity index is 1660. The molecule has 2 heterocycles. The average molecular weight is 644 g/mol. The van der Waals surface area contributed by atoms with Crippen molar-refractivity contribution < 1.29 is 28.5 Å². The first kappa shape index (κ1) is 30.1. The fraction of sp³-hybridized carbons (Fsp3) is 0.300. The average Bonchev–Trinajstić information content (AvgIpc) is 3.27. The number of hydrogen-bond acceptors (Lipinski definition) is 9. The summed E-state index contributed by atoms with van der Waals surface area (Å²) in [6.07, 6.45) is 4.87. The summed E-state index contributed by atoms with van der Waals surface area (Å²) in [4.78, 5) is 31.6. The van der Waals surface area contributed by atoms with Crippen LogP contribution in [0.1, 0.15) is 37.9 Å². The van der Waals surface area contributed by atoms with E-state index in [4.69, 9.17) is 23.7 Å². The van der Waals surface area contributed by atoms with Crippen LogP contribution in [0.25, 0.3) is 6.08 Å². The molecule has 0 unspecified atom stereocenters. The highest BCUT2D eigenvalue weighted by Crippen LogP contribution is 2.38. The van der Waals surface area contributed by atoms with Gasteiger partial charge in [-0.25, -0.2) is 9.79 Å². The van der Waals surface area contributed by atoms with Gasteiger partial charge in [0.2, 0.25) is 0 Å². The summed E-state index contributed by atoms with van der Waals surface area (Å²) in [5.74, 6) is 1.59. The third-order valence-corrected chi connectivity index (χ3v) is 7.57. The summed E-state index contributed by atoms with van der Waals surface area (Å²) in [5, 5.41) is 0. The molecule has 2 aromatic carbocycles. The molecule has 1 atom stereocenters. The maximum atomic E-state index is 13.9. The van der Waals surface area contributed by atoms with E-state index in [1.165, 1.54) is 29.2 Å². The minimum atomic E-state index is -0.781. The van der Waals surface area contributed by atoms with E-state index in [9.17, 15) is 9.59 Å². The number of fused-ring (bicyclic) bond motifs is 1. The van der Waals surface area contributed by atoms with Crippen molar-refractivity contribution in [2.24, 2.45) is 4.99 Å². The van der Waals surface area contributed by atoms with Crippen molar-refractivity contribution in [1.82, 2.24) is 4.57 Å². The number of esters is 1. The van der Waals surface area contributed by atoms with Gasteiger partial charge in [0.15, 0.2) is 27.8 Å². The molecule has 0 fully saturated rings. The number of methoxy groups -OCH3 is 1. The second kappa shape index (κ2) is 13.7. The van der Waals surface area contributed by atoms with Crippen LogP contribution in [0.3, 0.4) is 0 Å². The van der Waals surface area contributed by atoms with Crippen molar-refractivity contribution >= 4 is 39.3 Å². The van der Waals surface area contributed by atoms with Gasteiger partial charge in [-0.05, 0) is 78.2 Å². The largest absolute Gasteiger partial charge is 0.490 e. The van der Waals surface area contributed by atoms with E-state index in [2.05, 4.69) is 27.5 Å². The summed E-state index contributed by atoms with van der Waals surface area (Å²) >= 11 is 4.78. The Morgan fingerprint density at radius 1 is 1.05 bits per heavy atom. The number of halogens is 1. The van der Waals surface area contributed by atoms with Gasteiger partial charge in [-0.15, -0.1) is 0 Å². The van der Waals surface area contributed by atoms with E-state index in [-0.39, 0.29) is 11.1 Å². The van der Waals surface area contributed by atoms with Gasteiger partial charge in [0, 0.05) is 6.20 Å². The van der Waals surface area contributed by atoms with Crippen molar-refractivity contribution in [2.45, 2.75) is 26.8 Å². The number of benzene rings is 2. The lowest BCUT2D eigenvalue weighted by Crippen LogP contribution is -2.39. The normalized spacial score (nSPS) is 14.4. The van der Waals surface area contributed by atoms with Crippen molar-refractivity contribution in [3.8, 4) is 23.0 Å². The Kier molecular flexibility index (Phi) is 10.1. The summed E-state index contributed by atoms with van der Waals surface area (Å²) in [6.45, 7) is 11.0. The number of ether oxygens (including phenoxy) is 5. The molecule has 9 nitrogen and oxygen atoms in total. The zero-order chi connectivity index (χ0) is 29.5. The molecule has 0 spiro atoms. The van der Waals surface area contributed by atoms with Crippen LogP contribution < -0.4 is 33.8 Å². The molecule has 216 valence electrons. The molecule has 0 saturated heterocycles. The first-order valence-corrected chi connectivity index (χ1v) is 14.7. The van der Waals surface area contributed by atoms with E-state index < -0.39 is 12.0 Å². The molecule has 41 heavy (non-hydrogen) atoms. The monoisotopic (exact) mass is 642 g/mol. The molecule has 3 aromatic rings. The van der Waals surface area contributed by atoms with Crippen LogP contribution in [0, 0.1) is 0 Å². The molecular formula is C30H31BrN2O7S. The first-order chi connectivity index (χ1) is 19.9. The van der Waals surface area contributed by atoms with Crippen LogP contribution in [0.5, 0.6) is 23.0 Å². The van der Waals surface area contributed by atoms with Gasteiger partial charge in [-0.3, -0.25) is 9.36 Å². The van der Waals surface area contributed by atoms with Crippen LogP contribution in [-0.4, -0.2) is 44.1 Å². The Labute approximate surface area is 250 Å². The molecule has 0 amide bonds. The van der Waals surface area contributed by atoms with E-state index in [0.717, 1.165) is 5.56 Å². The lowest BCUT2D eigenvalue weighted by molar-refractivity contribution is -0.136. The van der Waals surface area contributed by atoms with Gasteiger partial charge in [-0.1, -0.05) is 30.1 Å². The van der Waals surface area contributed by atoms with E-state index in [0.29, 0.717) is 68.8 Å². The maximum absolute atomic E-state index is 13.9. The second-order valence-electron chi connectivity index (χ2n) is 8.61.